The molecule has 0 saturated carbocycles. The van der Waals surface area contributed by atoms with E-state index in [1.807, 2.05) is 27.7 Å². The average molecular weight is 222 g/mol. The number of rotatable bonds is 2. The van der Waals surface area contributed by atoms with Gasteiger partial charge in [0.1, 0.15) is 5.60 Å². The Hall–Kier alpha value is -1.42. The van der Waals surface area contributed by atoms with Crippen molar-refractivity contribution in [1.29, 1.82) is 0 Å². The fraction of sp³-hybridized carbons (Fsp3) is 0.500. The minimum atomic E-state index is -0.489. The maximum absolute atomic E-state index is 11.6. The highest BCUT2D eigenvalue weighted by molar-refractivity contribution is 5.89. The van der Waals surface area contributed by atoms with Crippen LogP contribution < -0.4 is 5.73 Å². The highest BCUT2D eigenvalue weighted by Gasteiger charge is 2.18. The van der Waals surface area contributed by atoms with Crippen molar-refractivity contribution in [3.63, 3.8) is 0 Å². The molecule has 4 nitrogen and oxygen atoms in total. The summed E-state index contributed by atoms with van der Waals surface area (Å²) in [5.41, 5.74) is 6.37. The molecule has 1 aromatic rings. The molecule has 0 radical (unpaired) electrons. The van der Waals surface area contributed by atoms with Gasteiger partial charge in [-0.25, -0.2) is 4.79 Å². The van der Waals surface area contributed by atoms with Gasteiger partial charge < -0.3 is 10.5 Å². The number of hydrogen-bond donors (Lipinski definition) is 1. The van der Waals surface area contributed by atoms with Crippen molar-refractivity contribution >= 4 is 5.97 Å². The first-order valence-electron chi connectivity index (χ1n) is 5.24. The van der Waals surface area contributed by atoms with Crippen molar-refractivity contribution in [2.24, 2.45) is 5.73 Å². The van der Waals surface area contributed by atoms with Crippen molar-refractivity contribution in [2.45, 2.75) is 39.3 Å². The maximum Gasteiger partial charge on any atom is 0.340 e. The Labute approximate surface area is 95.8 Å². The lowest BCUT2D eigenvalue weighted by molar-refractivity contribution is 0.00690. The molecule has 1 aromatic heterocycles. The van der Waals surface area contributed by atoms with E-state index < -0.39 is 5.60 Å². The van der Waals surface area contributed by atoms with Crippen LogP contribution in [0.1, 0.15) is 49.8 Å². The predicted molar refractivity (Wildman–Crippen MR) is 62.0 cm³/mol. The summed E-state index contributed by atoms with van der Waals surface area (Å²) in [7, 11) is 0. The SMILES string of the molecule is CC(N)c1ccc(C(=O)OC(C)(C)C)cn1. The zero-order chi connectivity index (χ0) is 12.3. The number of nitrogens with two attached hydrogens (primary N) is 1. The van der Waals surface area contributed by atoms with Crippen LogP contribution in [0.15, 0.2) is 18.3 Å². The van der Waals surface area contributed by atoms with Gasteiger partial charge in [-0.2, -0.15) is 0 Å². The van der Waals surface area contributed by atoms with Gasteiger partial charge in [-0.1, -0.05) is 0 Å². The molecule has 0 aliphatic rings. The molecule has 16 heavy (non-hydrogen) atoms. The molecule has 0 bridgehead atoms. The van der Waals surface area contributed by atoms with Crippen molar-refractivity contribution in [2.75, 3.05) is 0 Å². The Morgan fingerprint density at radius 3 is 2.44 bits per heavy atom. The minimum absolute atomic E-state index is 0.132. The third-order valence-electron chi connectivity index (χ3n) is 1.89. The van der Waals surface area contributed by atoms with Gasteiger partial charge in [0.05, 0.1) is 11.3 Å². The first-order chi connectivity index (χ1) is 7.29. The zero-order valence-electron chi connectivity index (χ0n) is 10.2. The number of ether oxygens (including phenoxy) is 1. The van der Waals surface area contributed by atoms with Crippen LogP contribution in [0, 0.1) is 0 Å². The Balaban J connectivity index is 2.78. The lowest BCUT2D eigenvalue weighted by atomic mass is 10.1. The van der Waals surface area contributed by atoms with Gasteiger partial charge in [0.15, 0.2) is 0 Å². The van der Waals surface area contributed by atoms with Crippen molar-refractivity contribution in [3.05, 3.63) is 29.6 Å². The van der Waals surface area contributed by atoms with Gasteiger partial charge >= 0.3 is 5.97 Å². The Morgan fingerprint density at radius 1 is 1.44 bits per heavy atom. The number of carbonyl (C=O) groups is 1. The number of aromatic nitrogens is 1. The fourth-order valence-electron chi connectivity index (χ4n) is 1.13. The summed E-state index contributed by atoms with van der Waals surface area (Å²) in [4.78, 5) is 15.8. The molecule has 0 fully saturated rings. The van der Waals surface area contributed by atoms with Gasteiger partial charge in [0, 0.05) is 12.2 Å². The van der Waals surface area contributed by atoms with Gasteiger partial charge in [-0.3, -0.25) is 4.98 Å². The summed E-state index contributed by atoms with van der Waals surface area (Å²) < 4.78 is 5.21. The fourth-order valence-corrected chi connectivity index (χ4v) is 1.13. The van der Waals surface area contributed by atoms with Gasteiger partial charge in [0.25, 0.3) is 0 Å². The first kappa shape index (κ1) is 12.6. The van der Waals surface area contributed by atoms with Crippen LogP contribution in [0.2, 0.25) is 0 Å². The van der Waals surface area contributed by atoms with Crippen LogP contribution in [0.5, 0.6) is 0 Å². The second-order valence-corrected chi connectivity index (χ2v) is 4.76. The molecule has 0 spiro atoms. The quantitative estimate of drug-likeness (QED) is 0.778. The lowest BCUT2D eigenvalue weighted by Gasteiger charge is -2.19. The molecule has 88 valence electrons. The Bertz CT molecular complexity index is 364. The number of carbonyl (C=O) groups excluding carboxylic acids is 1. The number of esters is 1. The van der Waals surface area contributed by atoms with E-state index in [9.17, 15) is 4.79 Å². The van der Waals surface area contributed by atoms with Crippen LogP contribution in [0.4, 0.5) is 0 Å². The van der Waals surface area contributed by atoms with E-state index in [0.717, 1.165) is 5.69 Å². The first-order valence-corrected chi connectivity index (χ1v) is 5.24. The lowest BCUT2D eigenvalue weighted by Crippen LogP contribution is -2.24. The van der Waals surface area contributed by atoms with Crippen LogP contribution in [-0.2, 0) is 4.74 Å². The van der Waals surface area contributed by atoms with Crippen LogP contribution in [0.25, 0.3) is 0 Å². The molecular formula is C12H18N2O2. The van der Waals surface area contributed by atoms with E-state index in [2.05, 4.69) is 4.98 Å². The maximum atomic E-state index is 11.6. The van der Waals surface area contributed by atoms with E-state index in [1.165, 1.54) is 6.20 Å². The molecule has 1 atom stereocenters. The average Bonchev–Trinajstić information content (AvgIpc) is 2.15. The van der Waals surface area contributed by atoms with Gasteiger partial charge in [-0.15, -0.1) is 0 Å². The summed E-state index contributed by atoms with van der Waals surface area (Å²) in [6.45, 7) is 7.33. The molecule has 0 saturated heterocycles. The molecule has 0 amide bonds. The number of hydrogen-bond acceptors (Lipinski definition) is 4. The molecule has 0 aromatic carbocycles. The summed E-state index contributed by atoms with van der Waals surface area (Å²) in [6.07, 6.45) is 1.49. The molecule has 0 aliphatic carbocycles. The molecule has 1 heterocycles. The van der Waals surface area contributed by atoms with Crippen molar-refractivity contribution < 1.29 is 9.53 Å². The topological polar surface area (TPSA) is 65.2 Å². The second-order valence-electron chi connectivity index (χ2n) is 4.76. The summed E-state index contributed by atoms with van der Waals surface area (Å²) >= 11 is 0. The third kappa shape index (κ3) is 3.62. The van der Waals surface area contributed by atoms with Crippen LogP contribution in [-0.4, -0.2) is 16.6 Å². The normalized spacial score (nSPS) is 13.3. The van der Waals surface area contributed by atoms with E-state index in [-0.39, 0.29) is 12.0 Å². The van der Waals surface area contributed by atoms with E-state index in [4.69, 9.17) is 10.5 Å². The monoisotopic (exact) mass is 222 g/mol. The Morgan fingerprint density at radius 2 is 2.06 bits per heavy atom. The smallest absolute Gasteiger partial charge is 0.340 e. The number of pyridine rings is 1. The molecule has 1 unspecified atom stereocenters. The van der Waals surface area contributed by atoms with E-state index in [1.54, 1.807) is 12.1 Å². The van der Waals surface area contributed by atoms with Crippen molar-refractivity contribution in [3.8, 4) is 0 Å². The predicted octanol–water partition coefficient (Wildman–Crippen LogP) is 2.06. The molecule has 4 heteroatoms. The summed E-state index contributed by atoms with van der Waals surface area (Å²) in [5, 5.41) is 0. The largest absolute Gasteiger partial charge is 0.456 e. The Kier molecular flexibility index (Phi) is 3.65. The van der Waals surface area contributed by atoms with Crippen LogP contribution >= 0.6 is 0 Å². The second kappa shape index (κ2) is 4.61. The van der Waals surface area contributed by atoms with Gasteiger partial charge in [-0.05, 0) is 39.8 Å². The van der Waals surface area contributed by atoms with Crippen LogP contribution in [0.3, 0.4) is 0 Å². The molecule has 0 aliphatic heterocycles. The summed E-state index contributed by atoms with van der Waals surface area (Å²) in [5.74, 6) is -0.365. The zero-order valence-corrected chi connectivity index (χ0v) is 10.2. The highest BCUT2D eigenvalue weighted by Crippen LogP contribution is 2.13. The van der Waals surface area contributed by atoms with E-state index in [0.29, 0.717) is 5.56 Å². The molecule has 1 rings (SSSR count). The van der Waals surface area contributed by atoms with Gasteiger partial charge in [0.2, 0.25) is 0 Å². The minimum Gasteiger partial charge on any atom is -0.456 e. The molecule has 2 N–H and O–H groups in total. The highest BCUT2D eigenvalue weighted by atomic mass is 16.6. The summed E-state index contributed by atoms with van der Waals surface area (Å²) in [6, 6.07) is 3.29. The molecular weight excluding hydrogens is 204 g/mol. The number of nitrogens with zero attached hydrogens (tertiary/aromatic N) is 1. The third-order valence-corrected chi connectivity index (χ3v) is 1.89. The standard InChI is InChI=1S/C12H18N2O2/c1-8(13)10-6-5-9(7-14-10)11(15)16-12(2,3)4/h5-8H,13H2,1-4H3. The van der Waals surface area contributed by atoms with Crippen molar-refractivity contribution in [1.82, 2.24) is 4.98 Å². The van der Waals surface area contributed by atoms with E-state index >= 15 is 0 Å².